The first kappa shape index (κ1) is 14.0. The summed E-state index contributed by atoms with van der Waals surface area (Å²) in [7, 11) is 0. The number of carbonyl (C=O) groups excluding carboxylic acids is 1. The van der Waals surface area contributed by atoms with E-state index in [4.69, 9.17) is 0 Å². The van der Waals surface area contributed by atoms with Crippen molar-refractivity contribution in [2.24, 2.45) is 0 Å². The summed E-state index contributed by atoms with van der Waals surface area (Å²) < 4.78 is 1.78. The highest BCUT2D eigenvalue weighted by Crippen LogP contribution is 2.31. The monoisotopic (exact) mass is 307 g/mol. The number of aliphatic hydroxyl groups excluding tert-OH is 1. The molecule has 5 heteroatoms. The number of nitrogens with one attached hydrogen (secondary N) is 1. The van der Waals surface area contributed by atoms with Gasteiger partial charge in [0.15, 0.2) is 0 Å². The maximum atomic E-state index is 12.7. The molecule has 2 aromatic heterocycles. The number of amides is 1. The minimum absolute atomic E-state index is 0.233. The van der Waals surface area contributed by atoms with Gasteiger partial charge in [0.2, 0.25) is 0 Å². The SMILES string of the molecule is Cc1ccc2ncc(C(=O)NC3c4ccccc4CC3O)n2c1. The fourth-order valence-corrected chi connectivity index (χ4v) is 3.22. The Bertz CT molecular complexity index is 900. The standard InChI is InChI=1S/C18H17N3O2/c1-11-6-7-16-19-9-14(21(16)10-11)18(23)20-17-13-5-3-2-4-12(13)8-15(17)22/h2-7,9-10,15,17,22H,8H2,1H3,(H,20,23). The molecule has 23 heavy (non-hydrogen) atoms. The van der Waals surface area contributed by atoms with Crippen molar-refractivity contribution in [3.8, 4) is 0 Å². The molecule has 0 spiro atoms. The van der Waals surface area contributed by atoms with Crippen LogP contribution in [0.15, 0.2) is 48.8 Å². The molecular weight excluding hydrogens is 290 g/mol. The molecule has 1 amide bonds. The van der Waals surface area contributed by atoms with Crippen LogP contribution >= 0.6 is 0 Å². The predicted octanol–water partition coefficient (Wildman–Crippen LogP) is 2.03. The maximum absolute atomic E-state index is 12.7. The molecule has 0 saturated carbocycles. The van der Waals surface area contributed by atoms with Gasteiger partial charge in [-0.3, -0.25) is 9.20 Å². The van der Waals surface area contributed by atoms with E-state index in [0.717, 1.165) is 22.3 Å². The van der Waals surface area contributed by atoms with Crippen molar-refractivity contribution in [3.63, 3.8) is 0 Å². The zero-order chi connectivity index (χ0) is 16.0. The van der Waals surface area contributed by atoms with E-state index in [9.17, 15) is 9.90 Å². The van der Waals surface area contributed by atoms with Crippen LogP contribution in [0.25, 0.3) is 5.65 Å². The summed E-state index contributed by atoms with van der Waals surface area (Å²) in [5.41, 5.74) is 4.32. The van der Waals surface area contributed by atoms with Crippen molar-refractivity contribution in [1.29, 1.82) is 0 Å². The average molecular weight is 307 g/mol. The molecule has 3 aromatic rings. The third-order valence-corrected chi connectivity index (χ3v) is 4.38. The van der Waals surface area contributed by atoms with Gasteiger partial charge in [-0.05, 0) is 29.7 Å². The zero-order valence-electron chi connectivity index (χ0n) is 12.7. The van der Waals surface area contributed by atoms with Crippen LogP contribution in [0.1, 0.15) is 33.2 Å². The summed E-state index contributed by atoms with van der Waals surface area (Å²) in [5.74, 6) is -0.233. The van der Waals surface area contributed by atoms with E-state index < -0.39 is 6.10 Å². The lowest BCUT2D eigenvalue weighted by Crippen LogP contribution is -2.34. The molecule has 1 aliphatic carbocycles. The van der Waals surface area contributed by atoms with E-state index in [2.05, 4.69) is 10.3 Å². The van der Waals surface area contributed by atoms with Gasteiger partial charge < -0.3 is 10.4 Å². The summed E-state index contributed by atoms with van der Waals surface area (Å²) in [6.07, 6.45) is 3.42. The first-order valence-corrected chi connectivity index (χ1v) is 7.64. The van der Waals surface area contributed by atoms with Gasteiger partial charge in [0.25, 0.3) is 5.91 Å². The van der Waals surface area contributed by atoms with E-state index >= 15 is 0 Å². The van der Waals surface area contributed by atoms with E-state index in [1.165, 1.54) is 0 Å². The van der Waals surface area contributed by atoms with Crippen molar-refractivity contribution < 1.29 is 9.90 Å². The van der Waals surface area contributed by atoms with Gasteiger partial charge in [-0.25, -0.2) is 4.98 Å². The van der Waals surface area contributed by atoms with Gasteiger partial charge in [0.05, 0.1) is 18.3 Å². The second-order valence-corrected chi connectivity index (χ2v) is 6.00. The first-order chi connectivity index (χ1) is 11.1. The number of carbonyl (C=O) groups is 1. The quantitative estimate of drug-likeness (QED) is 0.761. The highest BCUT2D eigenvalue weighted by molar-refractivity contribution is 5.93. The first-order valence-electron chi connectivity index (χ1n) is 7.64. The number of rotatable bonds is 2. The minimum atomic E-state index is -0.600. The van der Waals surface area contributed by atoms with Crippen LogP contribution in [0.3, 0.4) is 0 Å². The van der Waals surface area contributed by atoms with Crippen LogP contribution in [-0.2, 0) is 6.42 Å². The van der Waals surface area contributed by atoms with Crippen molar-refractivity contribution in [1.82, 2.24) is 14.7 Å². The Kier molecular flexibility index (Phi) is 3.16. The summed E-state index contributed by atoms with van der Waals surface area (Å²) in [6.45, 7) is 1.97. The molecule has 0 bridgehead atoms. The fraction of sp³-hybridized carbons (Fsp3) is 0.222. The Hall–Kier alpha value is -2.66. The van der Waals surface area contributed by atoms with E-state index in [0.29, 0.717) is 12.1 Å². The molecule has 116 valence electrons. The summed E-state index contributed by atoms with van der Waals surface area (Å²) in [4.78, 5) is 16.9. The van der Waals surface area contributed by atoms with E-state index in [1.807, 2.05) is 49.5 Å². The number of pyridine rings is 1. The molecule has 1 aliphatic rings. The number of imidazole rings is 1. The van der Waals surface area contributed by atoms with E-state index in [1.54, 1.807) is 10.6 Å². The second kappa shape index (κ2) is 5.21. The van der Waals surface area contributed by atoms with E-state index in [-0.39, 0.29) is 11.9 Å². The molecular formula is C18H17N3O2. The van der Waals surface area contributed by atoms with Crippen LogP contribution in [0.2, 0.25) is 0 Å². The number of aryl methyl sites for hydroxylation is 1. The molecule has 2 atom stereocenters. The summed E-state index contributed by atoms with van der Waals surface area (Å²) in [5, 5.41) is 13.2. The molecule has 0 fully saturated rings. The topological polar surface area (TPSA) is 66.6 Å². The largest absolute Gasteiger partial charge is 0.390 e. The molecule has 2 N–H and O–H groups in total. The molecule has 4 rings (SSSR count). The fourth-order valence-electron chi connectivity index (χ4n) is 3.22. The van der Waals surface area contributed by atoms with Gasteiger partial charge >= 0.3 is 0 Å². The van der Waals surface area contributed by atoms with Gasteiger partial charge in [0, 0.05) is 12.6 Å². The molecule has 0 radical (unpaired) electrons. The predicted molar refractivity (Wildman–Crippen MR) is 86.3 cm³/mol. The molecule has 0 aliphatic heterocycles. The number of benzene rings is 1. The summed E-state index contributed by atoms with van der Waals surface area (Å²) >= 11 is 0. The normalized spacial score (nSPS) is 19.7. The second-order valence-electron chi connectivity index (χ2n) is 6.00. The molecule has 1 aromatic carbocycles. The Labute approximate surface area is 133 Å². The molecule has 5 nitrogen and oxygen atoms in total. The Morgan fingerprint density at radius 1 is 1.30 bits per heavy atom. The third kappa shape index (κ3) is 2.29. The third-order valence-electron chi connectivity index (χ3n) is 4.38. The van der Waals surface area contributed by atoms with Crippen LogP contribution in [-0.4, -0.2) is 26.5 Å². The highest BCUT2D eigenvalue weighted by atomic mass is 16.3. The van der Waals surface area contributed by atoms with Gasteiger partial charge in [-0.2, -0.15) is 0 Å². The van der Waals surface area contributed by atoms with Crippen molar-refractivity contribution >= 4 is 11.6 Å². The lowest BCUT2D eigenvalue weighted by atomic mass is 10.1. The van der Waals surface area contributed by atoms with Crippen molar-refractivity contribution in [2.45, 2.75) is 25.5 Å². The summed E-state index contributed by atoms with van der Waals surface area (Å²) in [6, 6.07) is 11.3. The average Bonchev–Trinajstić information content (AvgIpc) is 3.08. The number of fused-ring (bicyclic) bond motifs is 2. The number of hydrogen-bond acceptors (Lipinski definition) is 3. The van der Waals surface area contributed by atoms with Crippen molar-refractivity contribution in [3.05, 3.63) is 71.2 Å². The van der Waals surface area contributed by atoms with Gasteiger partial charge in [0.1, 0.15) is 11.3 Å². The van der Waals surface area contributed by atoms with Crippen LogP contribution < -0.4 is 5.32 Å². The Morgan fingerprint density at radius 2 is 2.13 bits per heavy atom. The smallest absolute Gasteiger partial charge is 0.270 e. The number of aromatic nitrogens is 2. The van der Waals surface area contributed by atoms with Crippen LogP contribution in [0, 0.1) is 6.92 Å². The lowest BCUT2D eigenvalue weighted by Gasteiger charge is -2.17. The molecule has 0 saturated heterocycles. The number of hydrogen-bond donors (Lipinski definition) is 2. The van der Waals surface area contributed by atoms with Crippen LogP contribution in [0.5, 0.6) is 0 Å². The zero-order valence-corrected chi connectivity index (χ0v) is 12.7. The molecule has 2 heterocycles. The van der Waals surface area contributed by atoms with Gasteiger partial charge in [-0.15, -0.1) is 0 Å². The Morgan fingerprint density at radius 3 is 3.00 bits per heavy atom. The number of nitrogens with zero attached hydrogens (tertiary/aromatic N) is 2. The van der Waals surface area contributed by atoms with Crippen LogP contribution in [0.4, 0.5) is 0 Å². The Balaban J connectivity index is 1.66. The molecule has 2 unspecified atom stereocenters. The van der Waals surface area contributed by atoms with Gasteiger partial charge in [-0.1, -0.05) is 30.3 Å². The number of aliphatic hydroxyl groups is 1. The highest BCUT2D eigenvalue weighted by Gasteiger charge is 2.32. The maximum Gasteiger partial charge on any atom is 0.270 e. The van der Waals surface area contributed by atoms with Crippen molar-refractivity contribution in [2.75, 3.05) is 0 Å². The lowest BCUT2D eigenvalue weighted by molar-refractivity contribution is 0.0852. The minimum Gasteiger partial charge on any atom is -0.390 e.